The molecule has 0 bridgehead atoms. The van der Waals surface area contributed by atoms with E-state index >= 15 is 0 Å². The van der Waals surface area contributed by atoms with Gasteiger partial charge >= 0.3 is 0 Å². The molecule has 42 valence electrons. The zero-order valence-electron chi connectivity index (χ0n) is 4.55. The van der Waals surface area contributed by atoms with Gasteiger partial charge in [0.1, 0.15) is 0 Å². The molecule has 2 N–H and O–H groups in total. The van der Waals surface area contributed by atoms with E-state index in [0.29, 0.717) is 6.04 Å². The van der Waals surface area contributed by atoms with Crippen LogP contribution in [0.15, 0.2) is 0 Å². The molecule has 1 fully saturated rings. The molecule has 0 amide bonds. The molecule has 0 aliphatic carbocycles. The largest absolute Gasteiger partial charge is 0.327 e. The third-order valence-corrected chi connectivity index (χ3v) is 2.80. The van der Waals surface area contributed by atoms with Crippen molar-refractivity contribution < 1.29 is 0 Å². The Bertz CT molecular complexity index is 57.1. The smallest absolute Gasteiger partial charge is 0.0164 e. The Balaban J connectivity index is 2.33. The van der Waals surface area contributed by atoms with Crippen LogP contribution in [0.5, 0.6) is 0 Å². The van der Waals surface area contributed by atoms with Gasteiger partial charge in [-0.15, -0.1) is 0 Å². The van der Waals surface area contributed by atoms with E-state index in [1.165, 1.54) is 11.5 Å². The highest BCUT2D eigenvalue weighted by molar-refractivity contribution is 7.99. The Labute approximate surface area is 48.7 Å². The van der Waals surface area contributed by atoms with Crippen molar-refractivity contribution in [3.8, 4) is 0 Å². The SMILES string of the molecule is C[C@H]1CSC[C@H]1N. The summed E-state index contributed by atoms with van der Waals surface area (Å²) in [6.07, 6.45) is 0. The van der Waals surface area contributed by atoms with E-state index in [1.54, 1.807) is 0 Å². The van der Waals surface area contributed by atoms with E-state index in [1.807, 2.05) is 11.8 Å². The van der Waals surface area contributed by atoms with Crippen molar-refractivity contribution in [2.75, 3.05) is 11.5 Å². The van der Waals surface area contributed by atoms with Crippen molar-refractivity contribution in [1.29, 1.82) is 0 Å². The molecular formula is C5H11NS. The molecule has 7 heavy (non-hydrogen) atoms. The fourth-order valence-corrected chi connectivity index (χ4v) is 2.03. The second kappa shape index (κ2) is 2.05. The highest BCUT2D eigenvalue weighted by Gasteiger charge is 2.18. The zero-order valence-corrected chi connectivity index (χ0v) is 5.37. The normalized spacial score (nSPS) is 42.0. The van der Waals surface area contributed by atoms with Crippen LogP contribution in [0.4, 0.5) is 0 Å². The molecule has 1 heterocycles. The van der Waals surface area contributed by atoms with Crippen molar-refractivity contribution in [2.45, 2.75) is 13.0 Å². The summed E-state index contributed by atoms with van der Waals surface area (Å²) < 4.78 is 0. The van der Waals surface area contributed by atoms with Crippen LogP contribution in [0.3, 0.4) is 0 Å². The van der Waals surface area contributed by atoms with Crippen LogP contribution >= 0.6 is 11.8 Å². The Morgan fingerprint density at radius 1 is 1.57 bits per heavy atom. The third-order valence-electron chi connectivity index (χ3n) is 1.42. The Hall–Kier alpha value is 0.310. The lowest BCUT2D eigenvalue weighted by Crippen LogP contribution is -2.25. The fraction of sp³-hybridized carbons (Fsp3) is 1.00. The number of hydrogen-bond donors (Lipinski definition) is 1. The molecule has 0 spiro atoms. The maximum atomic E-state index is 5.66. The lowest BCUT2D eigenvalue weighted by molar-refractivity contribution is 0.567. The van der Waals surface area contributed by atoms with Crippen LogP contribution in [0.25, 0.3) is 0 Å². The summed E-state index contributed by atoms with van der Waals surface area (Å²) in [5.74, 6) is 3.19. The van der Waals surface area contributed by atoms with E-state index in [-0.39, 0.29) is 0 Å². The second-order valence-electron chi connectivity index (χ2n) is 2.18. The van der Waals surface area contributed by atoms with Crippen LogP contribution in [0, 0.1) is 5.92 Å². The van der Waals surface area contributed by atoms with E-state index < -0.39 is 0 Å². The number of nitrogens with two attached hydrogens (primary N) is 1. The maximum absolute atomic E-state index is 5.66. The van der Waals surface area contributed by atoms with Crippen molar-refractivity contribution in [2.24, 2.45) is 11.7 Å². The molecule has 2 heteroatoms. The summed E-state index contributed by atoms with van der Waals surface area (Å²) >= 11 is 1.97. The lowest BCUT2D eigenvalue weighted by Gasteiger charge is -2.04. The molecule has 0 aromatic carbocycles. The summed E-state index contributed by atoms with van der Waals surface area (Å²) in [4.78, 5) is 0. The molecule has 1 nitrogen and oxygen atoms in total. The van der Waals surface area contributed by atoms with Crippen molar-refractivity contribution in [3.63, 3.8) is 0 Å². The average Bonchev–Trinajstić information content (AvgIpc) is 1.91. The van der Waals surface area contributed by atoms with Gasteiger partial charge < -0.3 is 5.73 Å². The molecule has 0 aromatic rings. The molecule has 0 saturated carbocycles. The minimum absolute atomic E-state index is 0.477. The Morgan fingerprint density at radius 3 is 2.43 bits per heavy atom. The molecule has 1 aliphatic heterocycles. The fourth-order valence-electron chi connectivity index (χ4n) is 0.678. The lowest BCUT2D eigenvalue weighted by atomic mass is 10.1. The minimum Gasteiger partial charge on any atom is -0.327 e. The molecule has 0 unspecified atom stereocenters. The molecule has 1 saturated heterocycles. The number of thioether (sulfide) groups is 1. The first kappa shape index (κ1) is 5.45. The van der Waals surface area contributed by atoms with Gasteiger partial charge in [-0.2, -0.15) is 11.8 Å². The molecular weight excluding hydrogens is 106 g/mol. The minimum atomic E-state index is 0.477. The van der Waals surface area contributed by atoms with Gasteiger partial charge in [-0.25, -0.2) is 0 Å². The second-order valence-corrected chi connectivity index (χ2v) is 3.25. The third kappa shape index (κ3) is 1.10. The van der Waals surface area contributed by atoms with Crippen LogP contribution in [-0.2, 0) is 0 Å². The van der Waals surface area contributed by atoms with Crippen LogP contribution in [0.1, 0.15) is 6.92 Å². The molecule has 2 atom stereocenters. The monoisotopic (exact) mass is 117 g/mol. The van der Waals surface area contributed by atoms with Gasteiger partial charge in [-0.3, -0.25) is 0 Å². The van der Waals surface area contributed by atoms with E-state index in [0.717, 1.165) is 5.92 Å². The van der Waals surface area contributed by atoms with E-state index in [4.69, 9.17) is 5.73 Å². The average molecular weight is 117 g/mol. The summed E-state index contributed by atoms with van der Waals surface area (Å²) in [5.41, 5.74) is 5.66. The van der Waals surface area contributed by atoms with Gasteiger partial charge in [0.05, 0.1) is 0 Å². The first-order valence-corrected chi connectivity index (χ1v) is 3.79. The predicted molar refractivity (Wildman–Crippen MR) is 34.5 cm³/mol. The Kier molecular flexibility index (Phi) is 1.60. The van der Waals surface area contributed by atoms with Gasteiger partial charge in [-0.1, -0.05) is 6.92 Å². The highest BCUT2D eigenvalue weighted by Crippen LogP contribution is 2.21. The van der Waals surface area contributed by atoms with E-state index in [2.05, 4.69) is 6.92 Å². The van der Waals surface area contributed by atoms with Crippen molar-refractivity contribution in [3.05, 3.63) is 0 Å². The standard InChI is InChI=1S/C5H11NS/c1-4-2-7-3-5(4)6/h4-5H,2-3,6H2,1H3/t4-,5+/m0/s1. The van der Waals surface area contributed by atoms with Gasteiger partial charge in [0.25, 0.3) is 0 Å². The van der Waals surface area contributed by atoms with Gasteiger partial charge in [0.15, 0.2) is 0 Å². The Morgan fingerprint density at radius 2 is 2.29 bits per heavy atom. The summed E-state index contributed by atoms with van der Waals surface area (Å²) in [5, 5.41) is 0. The number of rotatable bonds is 0. The highest BCUT2D eigenvalue weighted by atomic mass is 32.2. The van der Waals surface area contributed by atoms with Gasteiger partial charge in [-0.05, 0) is 11.7 Å². The van der Waals surface area contributed by atoms with Crippen LogP contribution in [-0.4, -0.2) is 17.5 Å². The van der Waals surface area contributed by atoms with Gasteiger partial charge in [0, 0.05) is 11.8 Å². The molecule has 1 rings (SSSR count). The molecule has 1 aliphatic rings. The van der Waals surface area contributed by atoms with Crippen molar-refractivity contribution in [1.82, 2.24) is 0 Å². The first-order chi connectivity index (χ1) is 3.30. The predicted octanol–water partition coefficient (Wildman–Crippen LogP) is 0.697. The maximum Gasteiger partial charge on any atom is 0.0164 e. The zero-order chi connectivity index (χ0) is 5.28. The molecule has 0 radical (unpaired) electrons. The summed E-state index contributed by atoms with van der Waals surface area (Å²) in [7, 11) is 0. The number of hydrogen-bond acceptors (Lipinski definition) is 2. The quantitative estimate of drug-likeness (QED) is 0.505. The summed E-state index contributed by atoms with van der Waals surface area (Å²) in [6, 6.07) is 0.477. The molecule has 0 aromatic heterocycles. The van der Waals surface area contributed by atoms with Crippen LogP contribution < -0.4 is 5.73 Å². The summed E-state index contributed by atoms with van der Waals surface area (Å²) in [6.45, 7) is 2.21. The topological polar surface area (TPSA) is 26.0 Å². The van der Waals surface area contributed by atoms with Crippen molar-refractivity contribution >= 4 is 11.8 Å². The van der Waals surface area contributed by atoms with Crippen LogP contribution in [0.2, 0.25) is 0 Å². The van der Waals surface area contributed by atoms with Gasteiger partial charge in [0.2, 0.25) is 0 Å². The van der Waals surface area contributed by atoms with E-state index in [9.17, 15) is 0 Å². The first-order valence-electron chi connectivity index (χ1n) is 2.64.